The molecule has 1 aromatic rings. The largest absolute Gasteiger partial charge is 0.370 e. The van der Waals surface area contributed by atoms with Crippen LogP contribution in [0, 0.1) is 5.92 Å². The average Bonchev–Trinajstić information content (AvgIpc) is 2.49. The van der Waals surface area contributed by atoms with E-state index in [-0.39, 0.29) is 0 Å². The van der Waals surface area contributed by atoms with Gasteiger partial charge in [-0.3, -0.25) is 4.90 Å². The number of rotatable bonds is 2. The smallest absolute Gasteiger partial charge is 0.0367 e. The van der Waals surface area contributed by atoms with Gasteiger partial charge in [0, 0.05) is 29.3 Å². The number of piperidine rings is 2. The molecule has 0 radical (unpaired) electrons. The third kappa shape index (κ3) is 3.37. The van der Waals surface area contributed by atoms with Gasteiger partial charge in [-0.1, -0.05) is 22.9 Å². The lowest BCUT2D eigenvalue weighted by Crippen LogP contribution is -2.50. The molecular formula is C17H25BrN2. The van der Waals surface area contributed by atoms with Crippen molar-refractivity contribution in [3.8, 4) is 0 Å². The van der Waals surface area contributed by atoms with Gasteiger partial charge in [0.15, 0.2) is 0 Å². The quantitative estimate of drug-likeness (QED) is 0.800. The van der Waals surface area contributed by atoms with Gasteiger partial charge in [0.05, 0.1) is 0 Å². The topological polar surface area (TPSA) is 6.48 Å². The van der Waals surface area contributed by atoms with Crippen molar-refractivity contribution >= 4 is 21.6 Å². The fraction of sp³-hybridized carbons (Fsp3) is 0.647. The molecule has 2 aliphatic heterocycles. The second-order valence-electron chi connectivity index (χ2n) is 6.44. The van der Waals surface area contributed by atoms with Crippen LogP contribution in [-0.2, 0) is 0 Å². The normalized spacial score (nSPS) is 25.9. The molecular weight excluding hydrogens is 312 g/mol. The summed E-state index contributed by atoms with van der Waals surface area (Å²) in [6.45, 7) is 7.42. The van der Waals surface area contributed by atoms with Crippen LogP contribution < -0.4 is 4.90 Å². The Morgan fingerprint density at radius 3 is 2.40 bits per heavy atom. The van der Waals surface area contributed by atoms with Crippen molar-refractivity contribution < 1.29 is 0 Å². The Balaban J connectivity index is 1.63. The fourth-order valence-corrected chi connectivity index (χ4v) is 3.80. The first kappa shape index (κ1) is 14.4. The Labute approximate surface area is 131 Å². The maximum Gasteiger partial charge on any atom is 0.0367 e. The summed E-state index contributed by atoms with van der Waals surface area (Å²) in [4.78, 5) is 5.31. The zero-order valence-electron chi connectivity index (χ0n) is 12.4. The lowest BCUT2D eigenvalue weighted by molar-refractivity contribution is 0.125. The summed E-state index contributed by atoms with van der Waals surface area (Å²) >= 11 is 3.52. The molecule has 0 aromatic heterocycles. The van der Waals surface area contributed by atoms with Crippen LogP contribution in [0.5, 0.6) is 0 Å². The molecule has 110 valence electrons. The molecule has 2 saturated heterocycles. The Kier molecular flexibility index (Phi) is 4.67. The third-order valence-corrected chi connectivity index (χ3v) is 5.45. The van der Waals surface area contributed by atoms with E-state index in [0.29, 0.717) is 0 Å². The van der Waals surface area contributed by atoms with E-state index < -0.39 is 0 Å². The summed E-state index contributed by atoms with van der Waals surface area (Å²) in [5, 5.41) is 0. The zero-order valence-corrected chi connectivity index (χ0v) is 14.0. The van der Waals surface area contributed by atoms with Crippen molar-refractivity contribution in [2.24, 2.45) is 5.92 Å². The minimum atomic E-state index is 0.764. The van der Waals surface area contributed by atoms with Gasteiger partial charge in [0.1, 0.15) is 0 Å². The number of anilines is 1. The molecule has 0 N–H and O–H groups in total. The van der Waals surface area contributed by atoms with Crippen LogP contribution in [0.2, 0.25) is 0 Å². The van der Waals surface area contributed by atoms with E-state index in [0.717, 1.165) is 12.0 Å². The summed E-state index contributed by atoms with van der Waals surface area (Å²) in [5.41, 5.74) is 1.38. The van der Waals surface area contributed by atoms with Gasteiger partial charge in [-0.05, 0) is 69.0 Å². The standard InChI is InChI=1S/C17H25BrN2/c1-14-8-11-19(12-9-14)17-3-2-10-20(13-17)16-6-4-15(18)5-7-16/h4-7,14,17H,2-3,8-13H2,1H3. The number of halogens is 1. The fourth-order valence-electron chi connectivity index (χ4n) is 3.53. The van der Waals surface area contributed by atoms with Crippen molar-refractivity contribution in [1.82, 2.24) is 4.90 Å². The van der Waals surface area contributed by atoms with Crippen molar-refractivity contribution in [2.45, 2.75) is 38.6 Å². The van der Waals surface area contributed by atoms with E-state index in [9.17, 15) is 0 Å². The molecule has 3 heteroatoms. The van der Waals surface area contributed by atoms with Crippen LogP contribution in [0.3, 0.4) is 0 Å². The van der Waals surface area contributed by atoms with Crippen molar-refractivity contribution in [2.75, 3.05) is 31.1 Å². The van der Waals surface area contributed by atoms with Gasteiger partial charge in [-0.15, -0.1) is 0 Å². The number of hydrogen-bond acceptors (Lipinski definition) is 2. The lowest BCUT2D eigenvalue weighted by Gasteiger charge is -2.42. The zero-order chi connectivity index (χ0) is 13.9. The SMILES string of the molecule is CC1CCN(C2CCCN(c3ccc(Br)cc3)C2)CC1. The van der Waals surface area contributed by atoms with Gasteiger partial charge in [-0.25, -0.2) is 0 Å². The molecule has 0 spiro atoms. The number of nitrogens with zero attached hydrogens (tertiary/aromatic N) is 2. The number of benzene rings is 1. The molecule has 3 rings (SSSR count). The molecule has 1 atom stereocenters. The van der Waals surface area contributed by atoms with Crippen molar-refractivity contribution in [1.29, 1.82) is 0 Å². The molecule has 2 nitrogen and oxygen atoms in total. The van der Waals surface area contributed by atoms with Crippen molar-refractivity contribution in [3.63, 3.8) is 0 Å². The van der Waals surface area contributed by atoms with Crippen LogP contribution in [0.25, 0.3) is 0 Å². The van der Waals surface area contributed by atoms with Gasteiger partial charge >= 0.3 is 0 Å². The summed E-state index contributed by atoms with van der Waals surface area (Å²) in [5.74, 6) is 0.928. The van der Waals surface area contributed by atoms with Crippen LogP contribution in [-0.4, -0.2) is 37.1 Å². The van der Waals surface area contributed by atoms with Crippen LogP contribution in [0.4, 0.5) is 5.69 Å². The Bertz CT molecular complexity index is 423. The first-order chi connectivity index (χ1) is 9.72. The summed E-state index contributed by atoms with van der Waals surface area (Å²) < 4.78 is 1.17. The summed E-state index contributed by atoms with van der Waals surface area (Å²) in [6.07, 6.45) is 5.47. The van der Waals surface area contributed by atoms with E-state index in [1.54, 1.807) is 0 Å². The molecule has 2 heterocycles. The molecule has 2 aliphatic rings. The van der Waals surface area contributed by atoms with Gasteiger partial charge in [0.25, 0.3) is 0 Å². The maximum absolute atomic E-state index is 3.52. The molecule has 2 fully saturated rings. The molecule has 0 aliphatic carbocycles. The highest BCUT2D eigenvalue weighted by molar-refractivity contribution is 9.10. The first-order valence-electron chi connectivity index (χ1n) is 7.97. The average molecular weight is 337 g/mol. The van der Waals surface area contributed by atoms with Crippen LogP contribution >= 0.6 is 15.9 Å². The number of likely N-dealkylation sites (tertiary alicyclic amines) is 1. The molecule has 1 aromatic carbocycles. The monoisotopic (exact) mass is 336 g/mol. The Morgan fingerprint density at radius 2 is 1.70 bits per heavy atom. The molecule has 20 heavy (non-hydrogen) atoms. The second kappa shape index (κ2) is 6.48. The Hall–Kier alpha value is -0.540. The predicted octanol–water partition coefficient (Wildman–Crippen LogP) is 4.15. The summed E-state index contributed by atoms with van der Waals surface area (Å²) in [7, 11) is 0. The molecule has 0 saturated carbocycles. The van der Waals surface area contributed by atoms with E-state index >= 15 is 0 Å². The van der Waals surface area contributed by atoms with E-state index in [1.165, 1.54) is 62.0 Å². The van der Waals surface area contributed by atoms with E-state index in [2.05, 4.69) is 56.9 Å². The third-order valence-electron chi connectivity index (χ3n) is 4.92. The second-order valence-corrected chi connectivity index (χ2v) is 7.35. The first-order valence-corrected chi connectivity index (χ1v) is 8.76. The minimum absolute atomic E-state index is 0.764. The predicted molar refractivity (Wildman–Crippen MR) is 89.3 cm³/mol. The van der Waals surface area contributed by atoms with Crippen molar-refractivity contribution in [3.05, 3.63) is 28.7 Å². The summed E-state index contributed by atoms with van der Waals surface area (Å²) in [6, 6.07) is 9.55. The van der Waals surface area contributed by atoms with E-state index in [4.69, 9.17) is 0 Å². The van der Waals surface area contributed by atoms with E-state index in [1.807, 2.05) is 0 Å². The van der Waals surface area contributed by atoms with Gasteiger partial charge < -0.3 is 4.90 Å². The highest BCUT2D eigenvalue weighted by Gasteiger charge is 2.27. The number of hydrogen-bond donors (Lipinski definition) is 0. The lowest BCUT2D eigenvalue weighted by atomic mass is 9.95. The van der Waals surface area contributed by atoms with Crippen LogP contribution in [0.15, 0.2) is 28.7 Å². The van der Waals surface area contributed by atoms with Gasteiger partial charge in [-0.2, -0.15) is 0 Å². The molecule has 0 amide bonds. The molecule has 0 bridgehead atoms. The molecule has 1 unspecified atom stereocenters. The minimum Gasteiger partial charge on any atom is -0.370 e. The Morgan fingerprint density at radius 1 is 1.00 bits per heavy atom. The maximum atomic E-state index is 3.52. The van der Waals surface area contributed by atoms with Crippen LogP contribution in [0.1, 0.15) is 32.6 Å². The van der Waals surface area contributed by atoms with Gasteiger partial charge in [0.2, 0.25) is 0 Å². The highest BCUT2D eigenvalue weighted by atomic mass is 79.9. The highest BCUT2D eigenvalue weighted by Crippen LogP contribution is 2.26.